The van der Waals surface area contributed by atoms with Gasteiger partial charge in [0.2, 0.25) is 11.8 Å². The lowest BCUT2D eigenvalue weighted by atomic mass is 9.84. The molecule has 4 rings (SSSR count). The van der Waals surface area contributed by atoms with Crippen molar-refractivity contribution in [3.8, 4) is 17.3 Å². The molecule has 1 aliphatic carbocycles. The summed E-state index contributed by atoms with van der Waals surface area (Å²) < 4.78 is 33.9. The average Bonchev–Trinajstić information content (AvgIpc) is 3.09. The Morgan fingerprint density at radius 3 is 2.81 bits per heavy atom. The number of hydrogen-bond donors (Lipinski definition) is 0. The number of piperidine rings is 1. The van der Waals surface area contributed by atoms with E-state index in [2.05, 4.69) is 19.9 Å². The van der Waals surface area contributed by atoms with Crippen molar-refractivity contribution in [2.75, 3.05) is 13.1 Å². The van der Waals surface area contributed by atoms with Gasteiger partial charge in [-0.3, -0.25) is 4.79 Å². The molecule has 27 heavy (non-hydrogen) atoms. The fourth-order valence-corrected chi connectivity index (χ4v) is 3.47. The van der Waals surface area contributed by atoms with E-state index < -0.39 is 6.61 Å². The Bertz CT molecular complexity index is 792. The second-order valence-corrected chi connectivity index (χ2v) is 7.05. The van der Waals surface area contributed by atoms with Gasteiger partial charge in [-0.25, -0.2) is 4.98 Å². The average molecular weight is 378 g/mol. The van der Waals surface area contributed by atoms with Crippen LogP contribution in [-0.4, -0.2) is 45.6 Å². The van der Waals surface area contributed by atoms with Crippen LogP contribution in [-0.2, 0) is 4.79 Å². The van der Waals surface area contributed by atoms with Gasteiger partial charge < -0.3 is 14.2 Å². The molecule has 3 heterocycles. The summed E-state index contributed by atoms with van der Waals surface area (Å²) in [7, 11) is 0. The largest absolute Gasteiger partial charge is 0.417 e. The van der Waals surface area contributed by atoms with Crippen molar-refractivity contribution in [2.24, 2.45) is 5.92 Å². The number of amides is 1. The normalized spacial score (nSPS) is 20.8. The SMILES string of the molecule is O=C1CCC(c2noc(-c3ccc(OC(F)F)nc3)n2)CN1CC1CCC1. The Hall–Kier alpha value is -2.58. The summed E-state index contributed by atoms with van der Waals surface area (Å²) in [4.78, 5) is 22.3. The lowest BCUT2D eigenvalue weighted by Gasteiger charge is -2.36. The number of likely N-dealkylation sites (tertiary alicyclic amines) is 1. The number of hydrogen-bond acceptors (Lipinski definition) is 6. The molecule has 2 aromatic rings. The van der Waals surface area contributed by atoms with Crippen LogP contribution in [0, 0.1) is 5.92 Å². The van der Waals surface area contributed by atoms with Crippen LogP contribution in [0.5, 0.6) is 5.88 Å². The molecule has 1 amide bonds. The summed E-state index contributed by atoms with van der Waals surface area (Å²) in [6.45, 7) is -1.50. The molecule has 2 aromatic heterocycles. The molecular formula is C18H20F2N4O3. The molecule has 144 valence electrons. The van der Waals surface area contributed by atoms with Gasteiger partial charge in [0, 0.05) is 37.7 Å². The van der Waals surface area contributed by atoms with Crippen molar-refractivity contribution in [3.05, 3.63) is 24.2 Å². The standard InChI is InChI=1S/C18H20F2N4O3/c19-18(20)26-14-6-4-12(8-21-14)17-22-16(23-27-17)13-5-7-15(25)24(10-13)9-11-2-1-3-11/h4,6,8,11,13,18H,1-3,5,7,9-10H2. The van der Waals surface area contributed by atoms with Gasteiger partial charge in [-0.05, 0) is 31.2 Å². The van der Waals surface area contributed by atoms with Crippen LogP contribution < -0.4 is 4.74 Å². The van der Waals surface area contributed by atoms with E-state index in [4.69, 9.17) is 4.52 Å². The minimum atomic E-state index is -2.92. The minimum absolute atomic E-state index is 0.0367. The highest BCUT2D eigenvalue weighted by Gasteiger charge is 2.32. The molecule has 2 aliphatic rings. The molecule has 1 atom stereocenters. The number of nitrogens with zero attached hydrogens (tertiary/aromatic N) is 4. The van der Waals surface area contributed by atoms with Crippen LogP contribution >= 0.6 is 0 Å². The number of alkyl halides is 2. The van der Waals surface area contributed by atoms with Gasteiger partial charge in [0.15, 0.2) is 5.82 Å². The van der Waals surface area contributed by atoms with Crippen molar-refractivity contribution in [1.29, 1.82) is 0 Å². The third-order valence-corrected chi connectivity index (χ3v) is 5.20. The molecule has 0 radical (unpaired) electrons. The molecule has 0 aromatic carbocycles. The quantitative estimate of drug-likeness (QED) is 0.768. The molecule has 1 saturated heterocycles. The topological polar surface area (TPSA) is 81.3 Å². The van der Waals surface area contributed by atoms with Gasteiger partial charge in [-0.15, -0.1) is 0 Å². The lowest BCUT2D eigenvalue weighted by molar-refractivity contribution is -0.135. The van der Waals surface area contributed by atoms with E-state index >= 15 is 0 Å². The zero-order chi connectivity index (χ0) is 18.8. The molecule has 0 spiro atoms. The number of aromatic nitrogens is 3. The molecule has 0 bridgehead atoms. The van der Waals surface area contributed by atoms with E-state index in [1.165, 1.54) is 37.6 Å². The Morgan fingerprint density at radius 1 is 1.30 bits per heavy atom. The van der Waals surface area contributed by atoms with E-state index in [1.54, 1.807) is 0 Å². The highest BCUT2D eigenvalue weighted by Crippen LogP contribution is 2.32. The van der Waals surface area contributed by atoms with Crippen LogP contribution in [0.3, 0.4) is 0 Å². The first-order valence-corrected chi connectivity index (χ1v) is 9.11. The van der Waals surface area contributed by atoms with Crippen LogP contribution in [0.25, 0.3) is 11.5 Å². The first kappa shape index (κ1) is 17.8. The van der Waals surface area contributed by atoms with Crippen molar-refractivity contribution in [1.82, 2.24) is 20.0 Å². The van der Waals surface area contributed by atoms with Crippen molar-refractivity contribution < 1.29 is 22.8 Å². The van der Waals surface area contributed by atoms with Crippen LogP contribution in [0.15, 0.2) is 22.9 Å². The summed E-state index contributed by atoms with van der Waals surface area (Å²) >= 11 is 0. The predicted octanol–water partition coefficient (Wildman–Crippen LogP) is 3.24. The van der Waals surface area contributed by atoms with Gasteiger partial charge in [-0.1, -0.05) is 11.6 Å². The highest BCUT2D eigenvalue weighted by atomic mass is 19.3. The highest BCUT2D eigenvalue weighted by molar-refractivity contribution is 5.77. The summed E-state index contributed by atoms with van der Waals surface area (Å²) in [5.41, 5.74) is 0.522. The van der Waals surface area contributed by atoms with E-state index in [1.807, 2.05) is 4.90 Å². The zero-order valence-electron chi connectivity index (χ0n) is 14.7. The van der Waals surface area contributed by atoms with Gasteiger partial charge in [0.05, 0.1) is 5.56 Å². The van der Waals surface area contributed by atoms with Gasteiger partial charge in [0.25, 0.3) is 5.89 Å². The van der Waals surface area contributed by atoms with Crippen LogP contribution in [0.4, 0.5) is 8.78 Å². The maximum atomic E-state index is 12.2. The molecule has 1 aliphatic heterocycles. The number of pyridine rings is 1. The molecule has 9 heteroatoms. The molecule has 7 nitrogen and oxygen atoms in total. The monoisotopic (exact) mass is 378 g/mol. The first-order valence-electron chi connectivity index (χ1n) is 9.11. The van der Waals surface area contributed by atoms with Gasteiger partial charge >= 0.3 is 6.61 Å². The van der Waals surface area contributed by atoms with Crippen molar-refractivity contribution in [3.63, 3.8) is 0 Å². The van der Waals surface area contributed by atoms with E-state index in [0.29, 0.717) is 36.7 Å². The van der Waals surface area contributed by atoms with Gasteiger partial charge in [-0.2, -0.15) is 13.8 Å². The number of halogens is 2. The number of ether oxygens (including phenoxy) is 1. The predicted molar refractivity (Wildman–Crippen MR) is 90.1 cm³/mol. The molecule has 0 N–H and O–H groups in total. The number of carbonyl (C=O) groups is 1. The molecule has 1 saturated carbocycles. The summed E-state index contributed by atoms with van der Waals surface area (Å²) in [6.07, 6.45) is 6.17. The summed E-state index contributed by atoms with van der Waals surface area (Å²) in [5.74, 6) is 1.50. The second-order valence-electron chi connectivity index (χ2n) is 7.05. The van der Waals surface area contributed by atoms with E-state index in [0.717, 1.165) is 6.54 Å². The molecular weight excluding hydrogens is 358 g/mol. The lowest BCUT2D eigenvalue weighted by Crippen LogP contribution is -2.43. The fraction of sp³-hybridized carbons (Fsp3) is 0.556. The summed E-state index contributed by atoms with van der Waals surface area (Å²) in [6, 6.07) is 2.86. The van der Waals surface area contributed by atoms with Crippen LogP contribution in [0.2, 0.25) is 0 Å². The minimum Gasteiger partial charge on any atom is -0.417 e. The third kappa shape index (κ3) is 4.06. The Kier molecular flexibility index (Phi) is 5.00. The number of rotatable bonds is 6. The Balaban J connectivity index is 1.43. The maximum Gasteiger partial charge on any atom is 0.388 e. The number of carbonyl (C=O) groups excluding carboxylic acids is 1. The molecule has 2 fully saturated rings. The zero-order valence-corrected chi connectivity index (χ0v) is 14.7. The van der Waals surface area contributed by atoms with Crippen LogP contribution in [0.1, 0.15) is 43.8 Å². The smallest absolute Gasteiger partial charge is 0.388 e. The second kappa shape index (κ2) is 7.58. The van der Waals surface area contributed by atoms with Crippen molar-refractivity contribution in [2.45, 2.75) is 44.6 Å². The third-order valence-electron chi connectivity index (χ3n) is 5.20. The fourth-order valence-electron chi connectivity index (χ4n) is 3.47. The van der Waals surface area contributed by atoms with E-state index in [9.17, 15) is 13.6 Å². The first-order chi connectivity index (χ1) is 13.1. The van der Waals surface area contributed by atoms with E-state index in [-0.39, 0.29) is 23.6 Å². The molecule has 1 unspecified atom stereocenters. The Labute approximate surface area is 154 Å². The summed E-state index contributed by atoms with van der Waals surface area (Å²) in [5, 5.41) is 4.06. The van der Waals surface area contributed by atoms with Gasteiger partial charge in [0.1, 0.15) is 0 Å². The Morgan fingerprint density at radius 2 is 2.15 bits per heavy atom. The van der Waals surface area contributed by atoms with Crippen molar-refractivity contribution >= 4 is 5.91 Å². The maximum absolute atomic E-state index is 12.2.